The smallest absolute Gasteiger partial charge is 0.234 e. The van der Waals surface area contributed by atoms with Gasteiger partial charge in [0.2, 0.25) is 5.91 Å². The molecule has 0 bridgehead atoms. The second-order valence-corrected chi connectivity index (χ2v) is 5.27. The summed E-state index contributed by atoms with van der Waals surface area (Å²) < 4.78 is 18.2. The van der Waals surface area contributed by atoms with Crippen LogP contribution >= 0.6 is 11.8 Å². The number of carbonyl (C=O) groups is 1. The Morgan fingerprint density at radius 3 is 2.90 bits per heavy atom. The molecule has 4 nitrogen and oxygen atoms in total. The summed E-state index contributed by atoms with van der Waals surface area (Å²) in [6, 6.07) is 11.1. The van der Waals surface area contributed by atoms with Crippen molar-refractivity contribution in [3.05, 3.63) is 48.3 Å². The molecule has 0 fully saturated rings. The summed E-state index contributed by atoms with van der Waals surface area (Å²) in [4.78, 5) is 12.4. The third-order valence-electron chi connectivity index (χ3n) is 2.69. The molecule has 0 atom stereocenters. The fourth-order valence-corrected chi connectivity index (χ4v) is 2.46. The molecular formula is C15H15FN2O2S. The van der Waals surface area contributed by atoms with Gasteiger partial charge < -0.3 is 15.8 Å². The molecule has 110 valence electrons. The number of hydrogen-bond acceptors (Lipinski definition) is 4. The first-order chi connectivity index (χ1) is 10.1. The molecule has 2 rings (SSSR count). The average Bonchev–Trinajstić information content (AvgIpc) is 2.48. The van der Waals surface area contributed by atoms with Gasteiger partial charge in [0.05, 0.1) is 12.9 Å². The van der Waals surface area contributed by atoms with E-state index in [1.54, 1.807) is 31.4 Å². The molecule has 0 unspecified atom stereocenters. The van der Waals surface area contributed by atoms with Gasteiger partial charge in [0.1, 0.15) is 11.6 Å². The number of halogens is 1. The summed E-state index contributed by atoms with van der Waals surface area (Å²) >= 11 is 1.19. The molecule has 1 amide bonds. The molecule has 2 aromatic carbocycles. The zero-order valence-electron chi connectivity index (χ0n) is 11.4. The molecule has 0 aliphatic heterocycles. The number of rotatable bonds is 5. The van der Waals surface area contributed by atoms with Crippen molar-refractivity contribution in [3.63, 3.8) is 0 Å². The highest BCUT2D eigenvalue weighted by molar-refractivity contribution is 8.00. The first-order valence-corrected chi connectivity index (χ1v) is 7.19. The van der Waals surface area contributed by atoms with E-state index in [0.717, 1.165) is 0 Å². The minimum atomic E-state index is -0.375. The van der Waals surface area contributed by atoms with Crippen molar-refractivity contribution in [2.75, 3.05) is 23.9 Å². The van der Waals surface area contributed by atoms with Crippen LogP contribution in [0.2, 0.25) is 0 Å². The first-order valence-electron chi connectivity index (χ1n) is 6.20. The van der Waals surface area contributed by atoms with Crippen molar-refractivity contribution in [2.24, 2.45) is 0 Å². The predicted octanol–water partition coefficient (Wildman–Crippen LogP) is 3.15. The van der Waals surface area contributed by atoms with Gasteiger partial charge in [0.15, 0.2) is 0 Å². The van der Waals surface area contributed by atoms with Gasteiger partial charge in [-0.3, -0.25) is 4.79 Å². The van der Waals surface area contributed by atoms with E-state index in [1.807, 2.05) is 0 Å². The van der Waals surface area contributed by atoms with Crippen LogP contribution in [-0.4, -0.2) is 18.8 Å². The van der Waals surface area contributed by atoms with Crippen LogP contribution in [-0.2, 0) is 4.79 Å². The number of ether oxygens (including phenoxy) is 1. The largest absolute Gasteiger partial charge is 0.497 e. The standard InChI is InChI=1S/C15H15FN2O2S/c1-20-12-4-2-3-11(8-12)18-15(19)9-21-14-7-10(16)5-6-13(14)17/h2-8H,9,17H2,1H3,(H,18,19). The van der Waals surface area contributed by atoms with Gasteiger partial charge >= 0.3 is 0 Å². The average molecular weight is 306 g/mol. The minimum Gasteiger partial charge on any atom is -0.497 e. The molecule has 0 saturated heterocycles. The van der Waals surface area contributed by atoms with Gasteiger partial charge in [0, 0.05) is 22.3 Å². The third kappa shape index (κ3) is 4.39. The number of carbonyl (C=O) groups excluding carboxylic acids is 1. The van der Waals surface area contributed by atoms with Crippen molar-refractivity contribution < 1.29 is 13.9 Å². The van der Waals surface area contributed by atoms with Gasteiger partial charge in [-0.1, -0.05) is 6.07 Å². The maximum Gasteiger partial charge on any atom is 0.234 e. The van der Waals surface area contributed by atoms with Crippen LogP contribution in [0.1, 0.15) is 0 Å². The summed E-state index contributed by atoms with van der Waals surface area (Å²) in [5.74, 6) is 0.233. The molecule has 0 saturated carbocycles. The number of methoxy groups -OCH3 is 1. The molecule has 0 radical (unpaired) electrons. The molecule has 3 N–H and O–H groups in total. The van der Waals surface area contributed by atoms with Crippen LogP contribution < -0.4 is 15.8 Å². The number of nitrogen functional groups attached to an aromatic ring is 1. The summed E-state index contributed by atoms with van der Waals surface area (Å²) in [5.41, 5.74) is 6.83. The van der Waals surface area contributed by atoms with Gasteiger partial charge in [-0.25, -0.2) is 4.39 Å². The Kier molecular flexibility index (Phi) is 5.05. The quantitative estimate of drug-likeness (QED) is 0.658. The summed E-state index contributed by atoms with van der Waals surface area (Å²) in [6.45, 7) is 0. The lowest BCUT2D eigenvalue weighted by atomic mass is 10.3. The Morgan fingerprint density at radius 2 is 2.14 bits per heavy atom. The molecule has 0 heterocycles. The van der Waals surface area contributed by atoms with E-state index in [0.29, 0.717) is 22.0 Å². The molecule has 0 aliphatic rings. The van der Waals surface area contributed by atoms with E-state index in [1.165, 1.54) is 30.0 Å². The Balaban J connectivity index is 1.94. The number of thioether (sulfide) groups is 1. The van der Waals surface area contributed by atoms with E-state index >= 15 is 0 Å². The van der Waals surface area contributed by atoms with Crippen LogP contribution in [0, 0.1) is 5.82 Å². The zero-order valence-corrected chi connectivity index (χ0v) is 12.2. The van der Waals surface area contributed by atoms with Crippen LogP contribution in [0.3, 0.4) is 0 Å². The number of nitrogens with two attached hydrogens (primary N) is 1. The lowest BCUT2D eigenvalue weighted by Crippen LogP contribution is -2.14. The Labute approximate surface area is 126 Å². The maximum atomic E-state index is 13.1. The highest BCUT2D eigenvalue weighted by Gasteiger charge is 2.07. The van der Waals surface area contributed by atoms with Crippen molar-refractivity contribution in [1.29, 1.82) is 0 Å². The van der Waals surface area contributed by atoms with Crippen LogP contribution in [0.15, 0.2) is 47.4 Å². The van der Waals surface area contributed by atoms with Gasteiger partial charge in [0.25, 0.3) is 0 Å². The van der Waals surface area contributed by atoms with Crippen molar-refractivity contribution in [1.82, 2.24) is 0 Å². The lowest BCUT2D eigenvalue weighted by molar-refractivity contribution is -0.113. The molecular weight excluding hydrogens is 291 g/mol. The van der Waals surface area contributed by atoms with Gasteiger partial charge in [-0.2, -0.15) is 0 Å². The number of hydrogen-bond donors (Lipinski definition) is 2. The first kappa shape index (κ1) is 15.2. The molecule has 6 heteroatoms. The topological polar surface area (TPSA) is 64.3 Å². The van der Waals surface area contributed by atoms with E-state index in [9.17, 15) is 9.18 Å². The van der Waals surface area contributed by atoms with Crippen molar-refractivity contribution in [3.8, 4) is 5.75 Å². The Morgan fingerprint density at radius 1 is 1.33 bits per heavy atom. The third-order valence-corrected chi connectivity index (χ3v) is 3.76. The SMILES string of the molecule is COc1cccc(NC(=O)CSc2cc(F)ccc2N)c1. The second-order valence-electron chi connectivity index (χ2n) is 4.25. The lowest BCUT2D eigenvalue weighted by Gasteiger charge is -2.08. The Bertz CT molecular complexity index is 649. The van der Waals surface area contributed by atoms with Crippen LogP contribution in [0.4, 0.5) is 15.8 Å². The van der Waals surface area contributed by atoms with E-state index in [2.05, 4.69) is 5.32 Å². The fourth-order valence-electron chi connectivity index (χ4n) is 1.67. The number of anilines is 2. The molecule has 0 aliphatic carbocycles. The van der Waals surface area contributed by atoms with Gasteiger partial charge in [-0.05, 0) is 30.3 Å². The van der Waals surface area contributed by atoms with E-state index in [4.69, 9.17) is 10.5 Å². The van der Waals surface area contributed by atoms with Crippen LogP contribution in [0.5, 0.6) is 5.75 Å². The summed E-state index contributed by atoms with van der Waals surface area (Å²) in [7, 11) is 1.56. The fraction of sp³-hybridized carbons (Fsp3) is 0.133. The highest BCUT2D eigenvalue weighted by Crippen LogP contribution is 2.26. The molecule has 2 aromatic rings. The minimum absolute atomic E-state index is 0.144. The van der Waals surface area contributed by atoms with E-state index < -0.39 is 0 Å². The number of nitrogens with one attached hydrogen (secondary N) is 1. The number of benzene rings is 2. The molecule has 21 heavy (non-hydrogen) atoms. The summed E-state index contributed by atoms with van der Waals surface area (Å²) in [6.07, 6.45) is 0. The molecule has 0 spiro atoms. The van der Waals surface area contributed by atoms with Crippen LogP contribution in [0.25, 0.3) is 0 Å². The normalized spacial score (nSPS) is 10.2. The van der Waals surface area contributed by atoms with Crippen molar-refractivity contribution >= 4 is 29.0 Å². The maximum absolute atomic E-state index is 13.1. The van der Waals surface area contributed by atoms with Gasteiger partial charge in [-0.15, -0.1) is 11.8 Å². The number of amides is 1. The zero-order chi connectivity index (χ0) is 15.2. The molecule has 0 aromatic heterocycles. The Hall–Kier alpha value is -2.21. The van der Waals surface area contributed by atoms with Crippen molar-refractivity contribution in [2.45, 2.75) is 4.90 Å². The second kappa shape index (κ2) is 6.99. The summed E-state index contributed by atoms with van der Waals surface area (Å²) in [5, 5.41) is 2.75. The van der Waals surface area contributed by atoms with E-state index in [-0.39, 0.29) is 17.5 Å². The highest BCUT2D eigenvalue weighted by atomic mass is 32.2. The predicted molar refractivity (Wildman–Crippen MR) is 83.2 cm³/mol. The monoisotopic (exact) mass is 306 g/mol.